The summed E-state index contributed by atoms with van der Waals surface area (Å²) < 4.78 is 25.9. The highest BCUT2D eigenvalue weighted by Gasteiger charge is 2.46. The van der Waals surface area contributed by atoms with E-state index in [2.05, 4.69) is 20.3 Å². The fourth-order valence-electron chi connectivity index (χ4n) is 5.71. The highest BCUT2D eigenvalue weighted by molar-refractivity contribution is 6.09. The minimum Gasteiger partial charge on any atom is -0.494 e. The summed E-state index contributed by atoms with van der Waals surface area (Å²) in [5, 5.41) is 23.6. The van der Waals surface area contributed by atoms with Crippen LogP contribution in [0.1, 0.15) is 56.1 Å². The highest BCUT2D eigenvalue weighted by Crippen LogP contribution is 2.40. The van der Waals surface area contributed by atoms with Gasteiger partial charge in [-0.25, -0.2) is 19.2 Å². The first kappa shape index (κ1) is 28.6. The lowest BCUT2D eigenvalue weighted by Crippen LogP contribution is -2.66. The van der Waals surface area contributed by atoms with Crippen molar-refractivity contribution in [3.8, 4) is 22.8 Å². The van der Waals surface area contributed by atoms with E-state index in [-0.39, 0.29) is 24.3 Å². The molecule has 1 aliphatic heterocycles. The number of methoxy groups -OCH3 is 1. The van der Waals surface area contributed by atoms with Gasteiger partial charge in [-0.2, -0.15) is 0 Å². The number of hydrogen-bond acceptors (Lipinski definition) is 7. The Kier molecular flexibility index (Phi) is 7.54. The van der Waals surface area contributed by atoms with Gasteiger partial charge in [0.15, 0.2) is 11.6 Å². The molecule has 2 aromatic heterocycles. The van der Waals surface area contributed by atoms with E-state index in [1.165, 1.54) is 30.5 Å². The number of aliphatic hydroxyl groups is 1. The molecule has 5 rings (SSSR count). The number of fused-ring (bicyclic) bond motifs is 1. The van der Waals surface area contributed by atoms with Gasteiger partial charge in [-0.3, -0.25) is 4.79 Å². The predicted octanol–water partition coefficient (Wildman–Crippen LogP) is 4.13. The molecule has 2 fully saturated rings. The standard InChI is InChI=1S/C29H36FN5O6/c1-14-21(27(37)34-23-18(36)8-9-35(28(38)39)26(23)29(2,3)4)24-25(33-14)22(31-13-32-24)16-10-20(40-5)17(30)11-19(16)41-12-15-6-7-15/h10-11,13,15,18,23,26,33,36H,6-9,12H2,1-5H3,(H,34,37)(H,38,39)/t18-,23+,26?/m0/s1. The fraction of sp³-hybridized carbons (Fsp3) is 0.517. The Morgan fingerprint density at radius 3 is 2.56 bits per heavy atom. The number of halogens is 1. The SMILES string of the molecule is COc1cc(-c2ncnc3c(C(=O)N[C@H]4C(C(C)(C)C)N(C(=O)O)CC[C@@H]4O)c(C)[nH]c23)c(OCC2CC2)cc1F. The van der Waals surface area contributed by atoms with Crippen LogP contribution in [0.5, 0.6) is 11.5 Å². The summed E-state index contributed by atoms with van der Waals surface area (Å²) in [5.74, 6) is -0.309. The first-order valence-electron chi connectivity index (χ1n) is 13.7. The van der Waals surface area contributed by atoms with Gasteiger partial charge in [-0.1, -0.05) is 20.8 Å². The third-order valence-electron chi connectivity index (χ3n) is 7.87. The second-order valence-electron chi connectivity index (χ2n) is 12.0. The molecule has 0 radical (unpaired) electrons. The van der Waals surface area contributed by atoms with Crippen molar-refractivity contribution >= 4 is 23.0 Å². The predicted molar refractivity (Wildman–Crippen MR) is 149 cm³/mol. The number of ether oxygens (including phenoxy) is 2. The number of aliphatic hydroxyl groups excluding tert-OH is 1. The van der Waals surface area contributed by atoms with E-state index in [1.807, 2.05) is 20.8 Å². The van der Waals surface area contributed by atoms with E-state index < -0.39 is 41.4 Å². The monoisotopic (exact) mass is 569 g/mol. The molecular weight excluding hydrogens is 533 g/mol. The third-order valence-corrected chi connectivity index (χ3v) is 7.87. The smallest absolute Gasteiger partial charge is 0.407 e. The van der Waals surface area contributed by atoms with Crippen LogP contribution < -0.4 is 14.8 Å². The Morgan fingerprint density at radius 1 is 1.20 bits per heavy atom. The number of likely N-dealkylation sites (tertiary alicyclic amines) is 1. The maximum absolute atomic E-state index is 14.7. The molecule has 0 bridgehead atoms. The van der Waals surface area contributed by atoms with Crippen molar-refractivity contribution in [2.45, 2.75) is 65.1 Å². The largest absolute Gasteiger partial charge is 0.494 e. The first-order chi connectivity index (χ1) is 19.4. The molecule has 220 valence electrons. The fourth-order valence-corrected chi connectivity index (χ4v) is 5.71. The van der Waals surface area contributed by atoms with Crippen molar-refractivity contribution in [1.82, 2.24) is 25.2 Å². The molecule has 41 heavy (non-hydrogen) atoms. The minimum absolute atomic E-state index is 0.0225. The second kappa shape index (κ2) is 10.8. The number of aryl methyl sites for hydroxylation is 1. The van der Waals surface area contributed by atoms with Crippen LogP contribution in [0.2, 0.25) is 0 Å². The van der Waals surface area contributed by atoms with Crippen molar-refractivity contribution in [2.24, 2.45) is 11.3 Å². The number of rotatable bonds is 7. The topological polar surface area (TPSA) is 150 Å². The van der Waals surface area contributed by atoms with Crippen molar-refractivity contribution in [1.29, 1.82) is 0 Å². The summed E-state index contributed by atoms with van der Waals surface area (Å²) in [6, 6.07) is 1.28. The molecule has 3 atom stereocenters. The minimum atomic E-state index is -1.11. The summed E-state index contributed by atoms with van der Waals surface area (Å²) in [5.41, 5.74) is 1.84. The molecule has 1 saturated heterocycles. The van der Waals surface area contributed by atoms with E-state index in [0.29, 0.717) is 46.3 Å². The van der Waals surface area contributed by atoms with Crippen molar-refractivity contribution < 1.29 is 33.7 Å². The molecule has 2 amide bonds. The Morgan fingerprint density at radius 2 is 1.93 bits per heavy atom. The molecule has 1 aliphatic carbocycles. The molecule has 3 aromatic rings. The number of amides is 2. The lowest BCUT2D eigenvalue weighted by atomic mass is 9.76. The highest BCUT2D eigenvalue weighted by atomic mass is 19.1. The third kappa shape index (κ3) is 5.52. The first-order valence-corrected chi connectivity index (χ1v) is 13.7. The molecule has 4 N–H and O–H groups in total. The average Bonchev–Trinajstić information content (AvgIpc) is 3.67. The summed E-state index contributed by atoms with van der Waals surface area (Å²) in [4.78, 5) is 39.1. The van der Waals surface area contributed by atoms with E-state index in [9.17, 15) is 24.2 Å². The van der Waals surface area contributed by atoms with Crippen molar-refractivity contribution in [2.75, 3.05) is 20.3 Å². The summed E-state index contributed by atoms with van der Waals surface area (Å²) in [6.07, 6.45) is 1.60. The second-order valence-corrected chi connectivity index (χ2v) is 12.0. The molecule has 2 aliphatic rings. The van der Waals surface area contributed by atoms with Crippen molar-refractivity contribution in [3.05, 3.63) is 35.5 Å². The Hall–Kier alpha value is -3.93. The van der Waals surface area contributed by atoms with Crippen LogP contribution >= 0.6 is 0 Å². The zero-order chi connectivity index (χ0) is 29.6. The molecule has 3 heterocycles. The zero-order valence-electron chi connectivity index (χ0n) is 23.8. The quantitative estimate of drug-likeness (QED) is 0.332. The van der Waals surface area contributed by atoms with E-state index in [1.54, 1.807) is 6.92 Å². The van der Waals surface area contributed by atoms with Crippen LogP contribution in [0.15, 0.2) is 18.5 Å². The number of aromatic nitrogens is 3. The number of H-pyrrole nitrogens is 1. The Balaban J connectivity index is 1.54. The number of carbonyl (C=O) groups is 2. The zero-order valence-corrected chi connectivity index (χ0v) is 23.8. The lowest BCUT2D eigenvalue weighted by molar-refractivity contribution is -0.0240. The molecule has 1 saturated carbocycles. The van der Waals surface area contributed by atoms with Gasteiger partial charge >= 0.3 is 6.09 Å². The van der Waals surface area contributed by atoms with Crippen molar-refractivity contribution in [3.63, 3.8) is 0 Å². The maximum Gasteiger partial charge on any atom is 0.407 e. The van der Waals surface area contributed by atoms with Crippen LogP contribution in [-0.4, -0.2) is 80.5 Å². The Bertz CT molecular complexity index is 1480. The number of piperidine rings is 1. The molecular formula is C29H36FN5O6. The molecule has 11 nitrogen and oxygen atoms in total. The van der Waals surface area contributed by atoms with Gasteiger partial charge in [0.25, 0.3) is 5.91 Å². The summed E-state index contributed by atoms with van der Waals surface area (Å²) in [7, 11) is 1.37. The number of hydrogen-bond donors (Lipinski definition) is 4. The summed E-state index contributed by atoms with van der Waals surface area (Å²) >= 11 is 0. The lowest BCUT2D eigenvalue weighted by Gasteiger charge is -2.48. The number of aromatic amines is 1. The molecule has 1 aromatic carbocycles. The van der Waals surface area contributed by atoms with Crippen LogP contribution in [0.25, 0.3) is 22.3 Å². The number of nitrogens with zero attached hydrogens (tertiary/aromatic N) is 3. The molecule has 0 spiro atoms. The van der Waals surface area contributed by atoms with Crippen LogP contribution in [0, 0.1) is 24.1 Å². The normalized spacial score (nSPS) is 21.1. The van der Waals surface area contributed by atoms with Gasteiger partial charge in [0.2, 0.25) is 0 Å². The van der Waals surface area contributed by atoms with Crippen LogP contribution in [0.4, 0.5) is 9.18 Å². The molecule has 1 unspecified atom stereocenters. The summed E-state index contributed by atoms with van der Waals surface area (Å²) in [6.45, 7) is 7.97. The number of carbonyl (C=O) groups excluding carboxylic acids is 1. The maximum atomic E-state index is 14.7. The van der Waals surface area contributed by atoms with Gasteiger partial charge in [0.05, 0.1) is 43.0 Å². The Labute approximate surface area is 237 Å². The molecule has 12 heteroatoms. The van der Waals surface area contributed by atoms with Crippen LogP contribution in [0.3, 0.4) is 0 Å². The van der Waals surface area contributed by atoms with E-state index in [4.69, 9.17) is 9.47 Å². The van der Waals surface area contributed by atoms with E-state index in [0.717, 1.165) is 12.8 Å². The average molecular weight is 570 g/mol. The number of nitrogens with one attached hydrogen (secondary N) is 2. The number of benzene rings is 1. The van der Waals surface area contributed by atoms with Gasteiger partial charge in [-0.05, 0) is 43.6 Å². The van der Waals surface area contributed by atoms with Gasteiger partial charge in [0.1, 0.15) is 23.3 Å². The van der Waals surface area contributed by atoms with Crippen LogP contribution in [-0.2, 0) is 0 Å². The van der Waals surface area contributed by atoms with E-state index >= 15 is 0 Å². The van der Waals surface area contributed by atoms with Gasteiger partial charge in [0, 0.05) is 23.9 Å². The number of carboxylic acid groups (broad SMARTS) is 1. The van der Waals surface area contributed by atoms with Gasteiger partial charge < -0.3 is 34.9 Å². The van der Waals surface area contributed by atoms with Gasteiger partial charge in [-0.15, -0.1) is 0 Å².